The first-order valence-corrected chi connectivity index (χ1v) is 7.91. The average molecular weight is 298 g/mol. The van der Waals surface area contributed by atoms with E-state index in [1.807, 2.05) is 12.3 Å². The van der Waals surface area contributed by atoms with Crippen molar-refractivity contribution in [2.45, 2.75) is 51.9 Å². The third-order valence-electron chi connectivity index (χ3n) is 2.88. The highest BCUT2D eigenvalue weighted by Gasteiger charge is 2.06. The number of carboxylic acid groups (broad SMARTS) is 1. The van der Waals surface area contributed by atoms with Crippen molar-refractivity contribution >= 4 is 23.2 Å². The molecule has 0 radical (unpaired) electrons. The van der Waals surface area contributed by atoms with Crippen LogP contribution in [0.25, 0.3) is 0 Å². The van der Waals surface area contributed by atoms with E-state index in [1.165, 1.54) is 0 Å². The summed E-state index contributed by atoms with van der Waals surface area (Å²) < 4.78 is 0. The largest absolute Gasteiger partial charge is 0.481 e. The highest BCUT2D eigenvalue weighted by atomic mass is 32.1. The van der Waals surface area contributed by atoms with E-state index in [9.17, 15) is 9.59 Å². The fraction of sp³-hybridized carbons (Fsp3) is 0.643. The smallest absolute Gasteiger partial charge is 0.303 e. The van der Waals surface area contributed by atoms with Crippen molar-refractivity contribution in [2.24, 2.45) is 0 Å². The summed E-state index contributed by atoms with van der Waals surface area (Å²) in [6, 6.07) is 0. The SMILES string of the molecule is CCc1nc(CC(=O)NCCCCCCC(=O)O)cs1. The Labute approximate surface area is 123 Å². The molecule has 1 aromatic rings. The molecular formula is C14H22N2O3S. The maximum Gasteiger partial charge on any atom is 0.303 e. The third kappa shape index (κ3) is 7.23. The van der Waals surface area contributed by atoms with E-state index in [4.69, 9.17) is 5.11 Å². The van der Waals surface area contributed by atoms with Gasteiger partial charge in [0.1, 0.15) is 0 Å². The van der Waals surface area contributed by atoms with E-state index in [-0.39, 0.29) is 12.3 Å². The highest BCUT2D eigenvalue weighted by molar-refractivity contribution is 7.09. The molecule has 0 aliphatic rings. The number of hydrogen-bond donors (Lipinski definition) is 2. The summed E-state index contributed by atoms with van der Waals surface area (Å²) in [5.41, 5.74) is 0.839. The van der Waals surface area contributed by atoms with Gasteiger partial charge in [-0.3, -0.25) is 9.59 Å². The number of carbonyl (C=O) groups is 2. The number of aliphatic carboxylic acids is 1. The lowest BCUT2D eigenvalue weighted by molar-refractivity contribution is -0.137. The van der Waals surface area contributed by atoms with E-state index in [0.29, 0.717) is 19.4 Å². The zero-order valence-corrected chi connectivity index (χ0v) is 12.7. The Morgan fingerprint density at radius 2 is 2.05 bits per heavy atom. The molecule has 1 aromatic heterocycles. The predicted octanol–water partition coefficient (Wildman–Crippen LogP) is 2.40. The molecule has 2 N–H and O–H groups in total. The van der Waals surface area contributed by atoms with Crippen molar-refractivity contribution in [1.29, 1.82) is 0 Å². The molecule has 0 bridgehead atoms. The van der Waals surface area contributed by atoms with Crippen LogP contribution in [-0.2, 0) is 22.4 Å². The topological polar surface area (TPSA) is 79.3 Å². The molecule has 1 amide bonds. The fourth-order valence-electron chi connectivity index (χ4n) is 1.80. The lowest BCUT2D eigenvalue weighted by Gasteiger charge is -2.03. The molecule has 0 fully saturated rings. The van der Waals surface area contributed by atoms with Crippen molar-refractivity contribution in [2.75, 3.05) is 6.54 Å². The number of amides is 1. The molecule has 1 rings (SSSR count). The molecule has 6 heteroatoms. The van der Waals surface area contributed by atoms with Gasteiger partial charge in [-0.15, -0.1) is 11.3 Å². The lowest BCUT2D eigenvalue weighted by atomic mass is 10.1. The summed E-state index contributed by atoms with van der Waals surface area (Å²) >= 11 is 1.59. The van der Waals surface area contributed by atoms with E-state index < -0.39 is 5.97 Å². The van der Waals surface area contributed by atoms with Crippen LogP contribution < -0.4 is 5.32 Å². The molecule has 5 nitrogen and oxygen atoms in total. The van der Waals surface area contributed by atoms with Crippen molar-refractivity contribution in [3.63, 3.8) is 0 Å². The molecule has 112 valence electrons. The Hall–Kier alpha value is -1.43. The summed E-state index contributed by atoms with van der Waals surface area (Å²) in [5.74, 6) is -0.739. The van der Waals surface area contributed by atoms with Crippen LogP contribution in [0.1, 0.15) is 49.7 Å². The van der Waals surface area contributed by atoms with Gasteiger partial charge < -0.3 is 10.4 Å². The first-order valence-electron chi connectivity index (χ1n) is 7.03. The number of hydrogen-bond acceptors (Lipinski definition) is 4. The number of nitrogens with zero attached hydrogens (tertiary/aromatic N) is 1. The number of nitrogens with one attached hydrogen (secondary N) is 1. The van der Waals surface area contributed by atoms with Gasteiger partial charge in [0, 0.05) is 18.3 Å². The summed E-state index contributed by atoms with van der Waals surface area (Å²) in [7, 11) is 0. The molecule has 0 aromatic carbocycles. The minimum absolute atomic E-state index is 0.00323. The Morgan fingerprint density at radius 1 is 1.30 bits per heavy atom. The molecule has 0 aliphatic heterocycles. The van der Waals surface area contributed by atoms with Crippen molar-refractivity contribution < 1.29 is 14.7 Å². The molecule has 0 saturated carbocycles. The van der Waals surface area contributed by atoms with Crippen LogP contribution in [-0.4, -0.2) is 28.5 Å². The number of carboxylic acids is 1. The minimum Gasteiger partial charge on any atom is -0.481 e. The zero-order valence-electron chi connectivity index (χ0n) is 11.9. The molecule has 0 unspecified atom stereocenters. The second-order valence-electron chi connectivity index (χ2n) is 4.67. The van der Waals surface area contributed by atoms with E-state index in [1.54, 1.807) is 11.3 Å². The van der Waals surface area contributed by atoms with Gasteiger partial charge in [-0.05, 0) is 19.3 Å². The Kier molecular flexibility index (Phi) is 7.87. The quantitative estimate of drug-likeness (QED) is 0.650. The number of carbonyl (C=O) groups excluding carboxylic acids is 1. The second kappa shape index (κ2) is 9.47. The number of rotatable bonds is 10. The van der Waals surface area contributed by atoms with Crippen LogP contribution in [0.3, 0.4) is 0 Å². The van der Waals surface area contributed by atoms with E-state index in [2.05, 4.69) is 10.3 Å². The lowest BCUT2D eigenvalue weighted by Crippen LogP contribution is -2.26. The molecule has 1 heterocycles. The summed E-state index contributed by atoms with van der Waals surface area (Å²) in [6.07, 6.45) is 4.93. The van der Waals surface area contributed by atoms with Gasteiger partial charge in [0.2, 0.25) is 5.91 Å². The van der Waals surface area contributed by atoms with Gasteiger partial charge in [-0.25, -0.2) is 4.98 Å². The van der Waals surface area contributed by atoms with Crippen molar-refractivity contribution in [3.05, 3.63) is 16.1 Å². The van der Waals surface area contributed by atoms with E-state index >= 15 is 0 Å². The van der Waals surface area contributed by atoms with Crippen LogP contribution in [0.5, 0.6) is 0 Å². The summed E-state index contributed by atoms with van der Waals surface area (Å²) in [6.45, 7) is 2.70. The third-order valence-corrected chi connectivity index (χ3v) is 3.92. The van der Waals surface area contributed by atoms with Crippen molar-refractivity contribution in [1.82, 2.24) is 10.3 Å². The first kappa shape index (κ1) is 16.6. The van der Waals surface area contributed by atoms with Crippen LogP contribution in [0.2, 0.25) is 0 Å². The van der Waals surface area contributed by atoms with Crippen LogP contribution in [0, 0.1) is 0 Å². The van der Waals surface area contributed by atoms with Gasteiger partial charge >= 0.3 is 5.97 Å². The maximum atomic E-state index is 11.7. The molecular weight excluding hydrogens is 276 g/mol. The zero-order chi connectivity index (χ0) is 14.8. The normalized spacial score (nSPS) is 10.4. The number of thiazole rings is 1. The Bertz CT molecular complexity index is 432. The monoisotopic (exact) mass is 298 g/mol. The van der Waals surface area contributed by atoms with Gasteiger partial charge in [0.15, 0.2) is 0 Å². The van der Waals surface area contributed by atoms with Gasteiger partial charge in [0.25, 0.3) is 0 Å². The van der Waals surface area contributed by atoms with Crippen LogP contribution >= 0.6 is 11.3 Å². The van der Waals surface area contributed by atoms with Crippen LogP contribution in [0.15, 0.2) is 5.38 Å². The predicted molar refractivity (Wildman–Crippen MR) is 78.9 cm³/mol. The van der Waals surface area contributed by atoms with Crippen molar-refractivity contribution in [3.8, 4) is 0 Å². The standard InChI is InChI=1S/C14H22N2O3S/c1-2-13-16-11(10-20-13)9-12(17)15-8-6-4-3-5-7-14(18)19/h10H,2-9H2,1H3,(H,15,17)(H,18,19). The van der Waals surface area contributed by atoms with Crippen LogP contribution in [0.4, 0.5) is 0 Å². The minimum atomic E-state index is -0.743. The average Bonchev–Trinajstić information content (AvgIpc) is 2.85. The molecule has 0 atom stereocenters. The van der Waals surface area contributed by atoms with Gasteiger partial charge in [-0.2, -0.15) is 0 Å². The summed E-state index contributed by atoms with van der Waals surface area (Å²) in [5, 5.41) is 14.4. The van der Waals surface area contributed by atoms with Gasteiger partial charge in [0.05, 0.1) is 17.1 Å². The maximum absolute atomic E-state index is 11.7. The number of aryl methyl sites for hydroxylation is 1. The molecule has 0 saturated heterocycles. The second-order valence-corrected chi connectivity index (χ2v) is 5.61. The Balaban J connectivity index is 2.04. The molecule has 0 aliphatic carbocycles. The van der Waals surface area contributed by atoms with Gasteiger partial charge in [-0.1, -0.05) is 19.8 Å². The Morgan fingerprint density at radius 3 is 2.70 bits per heavy atom. The highest BCUT2D eigenvalue weighted by Crippen LogP contribution is 2.10. The first-order chi connectivity index (χ1) is 9.61. The number of aromatic nitrogens is 1. The fourth-order valence-corrected chi connectivity index (χ4v) is 2.55. The van der Waals surface area contributed by atoms with E-state index in [0.717, 1.165) is 36.4 Å². The summed E-state index contributed by atoms with van der Waals surface area (Å²) in [4.78, 5) is 26.3. The number of unbranched alkanes of at least 4 members (excludes halogenated alkanes) is 3. The molecule has 20 heavy (non-hydrogen) atoms. The molecule has 0 spiro atoms.